The second-order valence-electron chi connectivity index (χ2n) is 9.43. The lowest BCUT2D eigenvalue weighted by Crippen LogP contribution is -2.50. The molecule has 0 atom stereocenters. The fraction of sp³-hybridized carbons (Fsp3) is 0.321. The van der Waals surface area contributed by atoms with E-state index in [1.54, 1.807) is 16.7 Å². The van der Waals surface area contributed by atoms with Gasteiger partial charge in [0.2, 0.25) is 5.91 Å². The van der Waals surface area contributed by atoms with Crippen LogP contribution in [0.3, 0.4) is 0 Å². The molecule has 0 bridgehead atoms. The summed E-state index contributed by atoms with van der Waals surface area (Å²) in [6.07, 6.45) is 1.52. The molecular formula is C28H29ClN6O2. The Morgan fingerprint density at radius 3 is 2.59 bits per heavy atom. The van der Waals surface area contributed by atoms with Crippen LogP contribution in [0.2, 0.25) is 5.02 Å². The molecule has 0 spiro atoms. The second kappa shape index (κ2) is 10.8. The van der Waals surface area contributed by atoms with Gasteiger partial charge in [0.15, 0.2) is 5.82 Å². The Kier molecular flexibility index (Phi) is 7.28. The Morgan fingerprint density at radius 1 is 1.11 bits per heavy atom. The number of amides is 1. The van der Waals surface area contributed by atoms with Crippen molar-refractivity contribution in [3.05, 3.63) is 82.0 Å². The van der Waals surface area contributed by atoms with Crippen LogP contribution in [-0.2, 0) is 11.3 Å². The number of nitrogens with zero attached hydrogens (tertiary/aromatic N) is 6. The maximum atomic E-state index is 13.5. The van der Waals surface area contributed by atoms with E-state index in [9.17, 15) is 10.1 Å². The third-order valence-corrected chi connectivity index (χ3v) is 7.13. The van der Waals surface area contributed by atoms with Gasteiger partial charge >= 0.3 is 0 Å². The molecule has 2 aliphatic rings. The number of benzene rings is 2. The number of halogens is 1. The number of hydrogen-bond acceptors (Lipinski definition) is 6. The van der Waals surface area contributed by atoms with Gasteiger partial charge in [-0.3, -0.25) is 19.5 Å². The van der Waals surface area contributed by atoms with Gasteiger partial charge in [0.25, 0.3) is 0 Å². The number of methoxy groups -OCH3 is 1. The highest BCUT2D eigenvalue weighted by Gasteiger charge is 2.32. The molecule has 2 aliphatic heterocycles. The Bertz CT molecular complexity index is 1380. The predicted molar refractivity (Wildman–Crippen MR) is 143 cm³/mol. The zero-order chi connectivity index (χ0) is 25.9. The van der Waals surface area contributed by atoms with Crippen LogP contribution >= 0.6 is 11.6 Å². The fourth-order valence-electron chi connectivity index (χ4n) is 5.03. The molecule has 0 N–H and O–H groups in total. The first-order chi connectivity index (χ1) is 18.0. The molecule has 0 aliphatic carbocycles. The van der Waals surface area contributed by atoms with Crippen molar-refractivity contribution in [3.8, 4) is 11.8 Å². The number of carbonyl (C=O) groups excluding carboxylic acids is 1. The van der Waals surface area contributed by atoms with Gasteiger partial charge in [-0.2, -0.15) is 10.4 Å². The van der Waals surface area contributed by atoms with Crippen molar-refractivity contribution in [2.24, 2.45) is 0 Å². The van der Waals surface area contributed by atoms with Gasteiger partial charge in [-0.1, -0.05) is 35.9 Å². The molecule has 1 amide bonds. The summed E-state index contributed by atoms with van der Waals surface area (Å²) in [5, 5.41) is 14.8. The van der Waals surface area contributed by atoms with E-state index in [1.165, 1.54) is 11.8 Å². The van der Waals surface area contributed by atoms with E-state index < -0.39 is 0 Å². The second-order valence-corrected chi connectivity index (χ2v) is 9.86. The number of ether oxygens (including phenoxy) is 1. The molecule has 9 heteroatoms. The van der Waals surface area contributed by atoms with Crippen LogP contribution < -0.4 is 9.64 Å². The summed E-state index contributed by atoms with van der Waals surface area (Å²) in [5.41, 5.74) is 4.34. The van der Waals surface area contributed by atoms with Crippen molar-refractivity contribution in [1.29, 1.82) is 5.26 Å². The molecule has 3 heterocycles. The summed E-state index contributed by atoms with van der Waals surface area (Å²) in [6, 6.07) is 17.9. The highest BCUT2D eigenvalue weighted by Crippen LogP contribution is 2.35. The minimum Gasteiger partial charge on any atom is -0.497 e. The SMILES string of the molecule is COc1cccc(CN2CCN(CC(=O)N3CC(C)=C(c4cccc(Cl)c4)n4ncc(C#N)c43)CC2)c1. The van der Waals surface area contributed by atoms with Gasteiger partial charge in [-0.05, 0) is 42.3 Å². The molecule has 8 nitrogen and oxygen atoms in total. The average molecular weight is 517 g/mol. The third kappa shape index (κ3) is 5.25. The number of piperazine rings is 1. The zero-order valence-electron chi connectivity index (χ0n) is 21.0. The summed E-state index contributed by atoms with van der Waals surface area (Å²) in [6.45, 7) is 6.90. The van der Waals surface area contributed by atoms with Crippen molar-refractivity contribution < 1.29 is 9.53 Å². The van der Waals surface area contributed by atoms with E-state index in [4.69, 9.17) is 16.3 Å². The molecule has 3 aromatic rings. The number of hydrogen-bond donors (Lipinski definition) is 0. The molecule has 1 saturated heterocycles. The number of fused-ring (bicyclic) bond motifs is 1. The average Bonchev–Trinajstić information content (AvgIpc) is 3.33. The largest absolute Gasteiger partial charge is 0.497 e. The van der Waals surface area contributed by atoms with Crippen LogP contribution in [0.25, 0.3) is 5.70 Å². The lowest BCUT2D eigenvalue weighted by Gasteiger charge is -2.36. The maximum Gasteiger partial charge on any atom is 0.242 e. The Labute approximate surface area is 221 Å². The van der Waals surface area contributed by atoms with Crippen LogP contribution in [-0.4, -0.2) is 71.9 Å². The van der Waals surface area contributed by atoms with Crippen molar-refractivity contribution in [1.82, 2.24) is 19.6 Å². The molecule has 0 unspecified atom stereocenters. The number of aromatic nitrogens is 2. The molecule has 190 valence electrons. The van der Waals surface area contributed by atoms with E-state index in [2.05, 4.69) is 33.1 Å². The third-order valence-electron chi connectivity index (χ3n) is 6.89. The molecule has 0 radical (unpaired) electrons. The normalized spacial score (nSPS) is 16.4. The van der Waals surface area contributed by atoms with Crippen LogP contribution in [0.5, 0.6) is 5.75 Å². The molecule has 37 heavy (non-hydrogen) atoms. The maximum absolute atomic E-state index is 13.5. The topological polar surface area (TPSA) is 77.6 Å². The van der Waals surface area contributed by atoms with E-state index in [-0.39, 0.29) is 5.91 Å². The number of anilines is 1. The Hall–Kier alpha value is -3.64. The Morgan fingerprint density at radius 2 is 1.86 bits per heavy atom. The van der Waals surface area contributed by atoms with E-state index in [0.29, 0.717) is 29.5 Å². The van der Waals surface area contributed by atoms with Gasteiger partial charge in [0.05, 0.1) is 32.1 Å². The Balaban J connectivity index is 1.28. The summed E-state index contributed by atoms with van der Waals surface area (Å²) >= 11 is 6.24. The highest BCUT2D eigenvalue weighted by atomic mass is 35.5. The summed E-state index contributed by atoms with van der Waals surface area (Å²) in [4.78, 5) is 19.8. The van der Waals surface area contributed by atoms with Crippen LogP contribution in [0.15, 0.2) is 60.3 Å². The number of rotatable bonds is 6. The molecule has 2 aromatic carbocycles. The van der Waals surface area contributed by atoms with Gasteiger partial charge in [-0.15, -0.1) is 0 Å². The lowest BCUT2D eigenvalue weighted by molar-refractivity contribution is -0.120. The quantitative estimate of drug-likeness (QED) is 0.495. The number of carbonyl (C=O) groups is 1. The standard InChI is InChI=1S/C28H29ClN6O2/c1-20-17-34(28-23(15-30)16-31-35(28)27(20)22-6-4-7-24(29)14-22)26(36)19-33-11-9-32(10-12-33)18-21-5-3-8-25(13-21)37-2/h3-8,13-14,16H,9-12,17-19H2,1-2H3. The van der Waals surface area contributed by atoms with Crippen LogP contribution in [0, 0.1) is 11.3 Å². The monoisotopic (exact) mass is 516 g/mol. The molecule has 5 rings (SSSR count). The lowest BCUT2D eigenvalue weighted by atomic mass is 10.0. The van der Waals surface area contributed by atoms with Crippen molar-refractivity contribution in [2.45, 2.75) is 13.5 Å². The van der Waals surface area contributed by atoms with Crippen molar-refractivity contribution in [3.63, 3.8) is 0 Å². The van der Waals surface area contributed by atoms with E-state index in [1.807, 2.05) is 43.3 Å². The smallest absolute Gasteiger partial charge is 0.242 e. The van der Waals surface area contributed by atoms with Gasteiger partial charge in [-0.25, -0.2) is 4.68 Å². The van der Waals surface area contributed by atoms with E-state index in [0.717, 1.165) is 55.3 Å². The van der Waals surface area contributed by atoms with Gasteiger partial charge in [0, 0.05) is 43.3 Å². The zero-order valence-corrected chi connectivity index (χ0v) is 21.8. The molecule has 0 saturated carbocycles. The van der Waals surface area contributed by atoms with Crippen LogP contribution in [0.4, 0.5) is 5.82 Å². The number of nitriles is 1. The first-order valence-corrected chi connectivity index (χ1v) is 12.7. The molecule has 1 aromatic heterocycles. The van der Waals surface area contributed by atoms with Crippen molar-refractivity contribution in [2.75, 3.05) is 51.3 Å². The summed E-state index contributed by atoms with van der Waals surface area (Å²) in [7, 11) is 1.68. The van der Waals surface area contributed by atoms with Gasteiger partial charge < -0.3 is 4.74 Å². The first-order valence-electron chi connectivity index (χ1n) is 12.3. The fourth-order valence-corrected chi connectivity index (χ4v) is 5.22. The van der Waals surface area contributed by atoms with E-state index >= 15 is 0 Å². The predicted octanol–water partition coefficient (Wildman–Crippen LogP) is 3.86. The minimum absolute atomic E-state index is 0.0380. The first kappa shape index (κ1) is 25.0. The summed E-state index contributed by atoms with van der Waals surface area (Å²) < 4.78 is 7.04. The molecule has 1 fully saturated rings. The minimum atomic E-state index is -0.0380. The molecular weight excluding hydrogens is 488 g/mol. The van der Waals surface area contributed by atoms with Crippen LogP contribution in [0.1, 0.15) is 23.6 Å². The van der Waals surface area contributed by atoms with Crippen molar-refractivity contribution >= 4 is 29.0 Å². The summed E-state index contributed by atoms with van der Waals surface area (Å²) in [5.74, 6) is 1.34. The van der Waals surface area contributed by atoms with Gasteiger partial charge in [0.1, 0.15) is 17.4 Å². The highest BCUT2D eigenvalue weighted by molar-refractivity contribution is 6.30.